The maximum absolute atomic E-state index is 12.2. The van der Waals surface area contributed by atoms with Crippen LogP contribution in [0.25, 0.3) is 22.0 Å². The molecule has 0 aliphatic rings. The Kier molecular flexibility index (Phi) is 6.33. The summed E-state index contributed by atoms with van der Waals surface area (Å²) < 4.78 is 0. The van der Waals surface area contributed by atoms with Crippen LogP contribution in [0.2, 0.25) is 0 Å². The number of nitrogens with zero attached hydrogens (tertiary/aromatic N) is 1. The Bertz CT molecular complexity index is 981. The van der Waals surface area contributed by atoms with Crippen molar-refractivity contribution in [2.75, 3.05) is 11.9 Å². The number of anilines is 1. The Labute approximate surface area is 157 Å². The van der Waals surface area contributed by atoms with Crippen molar-refractivity contribution in [2.45, 2.75) is 32.1 Å². The lowest BCUT2D eigenvalue weighted by Crippen LogP contribution is -2.11. The van der Waals surface area contributed by atoms with Crippen LogP contribution in [0.4, 0.5) is 5.69 Å². The standard InChI is InChI=1S/C21H24N4O2/c22-13-6-2-1-3-12-19(26)23-16-9-7-8-15(14-16)20-17-10-4-5-11-18(17)21(27)25-24-20/h4-5,7-11,14H,1-3,6,12-13,22H2,(H,23,26)(H,25,27). The molecule has 0 unspecified atom stereocenters. The van der Waals surface area contributed by atoms with Crippen molar-refractivity contribution in [2.24, 2.45) is 5.73 Å². The third kappa shape index (κ3) is 4.80. The van der Waals surface area contributed by atoms with Crippen LogP contribution in [0, 0.1) is 0 Å². The molecule has 140 valence electrons. The number of amides is 1. The van der Waals surface area contributed by atoms with Crippen LogP contribution in [0.15, 0.2) is 53.3 Å². The van der Waals surface area contributed by atoms with Crippen molar-refractivity contribution in [3.05, 3.63) is 58.9 Å². The monoisotopic (exact) mass is 364 g/mol. The van der Waals surface area contributed by atoms with Crippen LogP contribution in [0.5, 0.6) is 0 Å². The molecule has 0 saturated heterocycles. The Balaban J connectivity index is 1.74. The molecule has 6 nitrogen and oxygen atoms in total. The summed E-state index contributed by atoms with van der Waals surface area (Å²) in [7, 11) is 0. The van der Waals surface area contributed by atoms with E-state index in [9.17, 15) is 9.59 Å². The van der Waals surface area contributed by atoms with Gasteiger partial charge in [0.05, 0.1) is 11.1 Å². The molecule has 1 heterocycles. The molecule has 0 aliphatic heterocycles. The number of aromatic nitrogens is 2. The summed E-state index contributed by atoms with van der Waals surface area (Å²) in [4.78, 5) is 24.1. The van der Waals surface area contributed by atoms with Gasteiger partial charge in [0.1, 0.15) is 0 Å². The number of hydrogen-bond acceptors (Lipinski definition) is 4. The highest BCUT2D eigenvalue weighted by Crippen LogP contribution is 2.26. The van der Waals surface area contributed by atoms with Gasteiger partial charge in [-0.2, -0.15) is 5.10 Å². The fraction of sp³-hybridized carbons (Fsp3) is 0.286. The molecule has 0 aliphatic carbocycles. The van der Waals surface area contributed by atoms with E-state index in [0.717, 1.165) is 42.3 Å². The summed E-state index contributed by atoms with van der Waals surface area (Å²) in [5, 5.41) is 11.1. The summed E-state index contributed by atoms with van der Waals surface area (Å²) in [5.74, 6) is -0.000755. The van der Waals surface area contributed by atoms with Gasteiger partial charge in [-0.05, 0) is 37.6 Å². The van der Waals surface area contributed by atoms with Gasteiger partial charge in [0.2, 0.25) is 5.91 Å². The van der Waals surface area contributed by atoms with E-state index in [1.54, 1.807) is 6.07 Å². The quantitative estimate of drug-likeness (QED) is 0.533. The number of hydrogen-bond donors (Lipinski definition) is 3. The molecule has 3 rings (SSSR count). The number of H-pyrrole nitrogens is 1. The summed E-state index contributed by atoms with van der Waals surface area (Å²) in [6.45, 7) is 0.701. The number of aromatic amines is 1. The summed E-state index contributed by atoms with van der Waals surface area (Å²) in [6.07, 6.45) is 4.43. The number of fused-ring (bicyclic) bond motifs is 1. The summed E-state index contributed by atoms with van der Waals surface area (Å²) in [5.41, 5.74) is 7.50. The molecule has 27 heavy (non-hydrogen) atoms. The maximum atomic E-state index is 12.2. The molecule has 6 heteroatoms. The van der Waals surface area contributed by atoms with Crippen molar-refractivity contribution in [1.82, 2.24) is 10.2 Å². The molecule has 4 N–H and O–H groups in total. The van der Waals surface area contributed by atoms with Crippen molar-refractivity contribution in [3.8, 4) is 11.3 Å². The average molecular weight is 364 g/mol. The molecule has 0 atom stereocenters. The third-order valence-electron chi connectivity index (χ3n) is 4.47. The van der Waals surface area contributed by atoms with Crippen molar-refractivity contribution >= 4 is 22.4 Å². The first-order valence-electron chi connectivity index (χ1n) is 9.27. The second-order valence-electron chi connectivity index (χ2n) is 6.53. The van der Waals surface area contributed by atoms with Crippen LogP contribution in [-0.4, -0.2) is 22.6 Å². The molecule has 0 saturated carbocycles. The van der Waals surface area contributed by atoms with E-state index in [-0.39, 0.29) is 11.5 Å². The van der Waals surface area contributed by atoms with E-state index >= 15 is 0 Å². The normalized spacial score (nSPS) is 10.9. The van der Waals surface area contributed by atoms with Crippen molar-refractivity contribution in [3.63, 3.8) is 0 Å². The second-order valence-corrected chi connectivity index (χ2v) is 6.53. The van der Waals surface area contributed by atoms with Crippen LogP contribution in [0.3, 0.4) is 0 Å². The molecule has 1 amide bonds. The molecule has 0 bridgehead atoms. The average Bonchev–Trinajstić information content (AvgIpc) is 2.68. The highest BCUT2D eigenvalue weighted by Gasteiger charge is 2.09. The number of nitrogens with one attached hydrogen (secondary N) is 2. The Morgan fingerprint density at radius 2 is 1.78 bits per heavy atom. The van der Waals surface area contributed by atoms with Crippen LogP contribution >= 0.6 is 0 Å². The molecule has 2 aromatic carbocycles. The highest BCUT2D eigenvalue weighted by atomic mass is 16.1. The van der Waals surface area contributed by atoms with Crippen LogP contribution in [-0.2, 0) is 4.79 Å². The SMILES string of the molecule is NCCCCCCC(=O)Nc1cccc(-c2n[nH]c(=O)c3ccccc23)c1. The van der Waals surface area contributed by atoms with Gasteiger partial charge in [-0.3, -0.25) is 9.59 Å². The summed E-state index contributed by atoms with van der Waals surface area (Å²) in [6, 6.07) is 14.9. The minimum Gasteiger partial charge on any atom is -0.330 e. The zero-order valence-corrected chi connectivity index (χ0v) is 15.2. The topological polar surface area (TPSA) is 101 Å². The number of carbonyl (C=O) groups is 1. The smallest absolute Gasteiger partial charge is 0.272 e. The lowest BCUT2D eigenvalue weighted by molar-refractivity contribution is -0.116. The van der Waals surface area contributed by atoms with Crippen LogP contribution in [0.1, 0.15) is 32.1 Å². The predicted octanol–water partition coefficient (Wildman–Crippen LogP) is 3.44. The van der Waals surface area contributed by atoms with Gasteiger partial charge in [0.25, 0.3) is 5.56 Å². The maximum Gasteiger partial charge on any atom is 0.272 e. The first-order chi connectivity index (χ1) is 13.2. The number of carbonyl (C=O) groups excluding carboxylic acids is 1. The van der Waals surface area contributed by atoms with Gasteiger partial charge in [0, 0.05) is 23.1 Å². The minimum atomic E-state index is -0.214. The first-order valence-corrected chi connectivity index (χ1v) is 9.27. The van der Waals surface area contributed by atoms with E-state index in [1.807, 2.05) is 42.5 Å². The molecule has 0 fully saturated rings. The Morgan fingerprint density at radius 3 is 2.59 bits per heavy atom. The van der Waals surface area contributed by atoms with Gasteiger partial charge >= 0.3 is 0 Å². The predicted molar refractivity (Wildman–Crippen MR) is 109 cm³/mol. The number of unbranched alkanes of at least 4 members (excludes halogenated alkanes) is 3. The highest BCUT2D eigenvalue weighted by molar-refractivity contribution is 5.95. The minimum absolute atomic E-state index is 0.000755. The van der Waals surface area contributed by atoms with Crippen molar-refractivity contribution in [1.29, 1.82) is 0 Å². The lowest BCUT2D eigenvalue weighted by atomic mass is 10.0. The fourth-order valence-electron chi connectivity index (χ4n) is 3.09. The largest absolute Gasteiger partial charge is 0.330 e. The molecular formula is C21H24N4O2. The zero-order valence-electron chi connectivity index (χ0n) is 15.2. The second kappa shape index (κ2) is 9.09. The number of nitrogens with two attached hydrogens (primary N) is 1. The molecule has 3 aromatic rings. The van der Waals surface area contributed by atoms with Gasteiger partial charge in [-0.25, -0.2) is 5.10 Å². The Morgan fingerprint density at radius 1 is 1.00 bits per heavy atom. The van der Waals surface area contributed by atoms with E-state index in [4.69, 9.17) is 5.73 Å². The first kappa shape index (κ1) is 18.8. The van der Waals surface area contributed by atoms with E-state index in [2.05, 4.69) is 15.5 Å². The third-order valence-corrected chi connectivity index (χ3v) is 4.47. The molecule has 0 radical (unpaired) electrons. The molecule has 1 aromatic heterocycles. The van der Waals surface area contributed by atoms with Gasteiger partial charge in [-0.1, -0.05) is 43.2 Å². The van der Waals surface area contributed by atoms with E-state index in [1.165, 1.54) is 0 Å². The summed E-state index contributed by atoms with van der Waals surface area (Å²) >= 11 is 0. The Hall–Kier alpha value is -2.99. The van der Waals surface area contributed by atoms with Gasteiger partial charge in [-0.15, -0.1) is 0 Å². The van der Waals surface area contributed by atoms with Gasteiger partial charge < -0.3 is 11.1 Å². The molecule has 0 spiro atoms. The van der Waals surface area contributed by atoms with Crippen LogP contribution < -0.4 is 16.6 Å². The number of benzene rings is 2. The van der Waals surface area contributed by atoms with Crippen molar-refractivity contribution < 1.29 is 4.79 Å². The fourth-order valence-corrected chi connectivity index (χ4v) is 3.09. The van der Waals surface area contributed by atoms with E-state index in [0.29, 0.717) is 24.0 Å². The molecular weight excluding hydrogens is 340 g/mol. The number of rotatable bonds is 8. The lowest BCUT2D eigenvalue weighted by Gasteiger charge is -2.09. The van der Waals surface area contributed by atoms with E-state index < -0.39 is 0 Å². The zero-order chi connectivity index (χ0) is 19.1. The van der Waals surface area contributed by atoms with Gasteiger partial charge in [0.15, 0.2) is 0 Å².